The van der Waals surface area contributed by atoms with E-state index in [0.717, 1.165) is 23.3 Å². The number of ketones is 1. The molecule has 0 spiro atoms. The van der Waals surface area contributed by atoms with Crippen LogP contribution in [0.25, 0.3) is 6.08 Å². The van der Waals surface area contributed by atoms with Crippen LogP contribution in [-0.4, -0.2) is 32.7 Å². The summed E-state index contributed by atoms with van der Waals surface area (Å²) in [6.45, 7) is 4.08. The molecule has 5 heteroatoms. The van der Waals surface area contributed by atoms with Crippen LogP contribution < -0.4 is 18.9 Å². The maximum absolute atomic E-state index is 12.6. The molecule has 2 aromatic carbocycles. The predicted molar refractivity (Wildman–Crippen MR) is 104 cm³/mol. The zero-order valence-corrected chi connectivity index (χ0v) is 16.3. The van der Waals surface area contributed by atoms with E-state index >= 15 is 0 Å². The molecule has 0 bridgehead atoms. The zero-order chi connectivity index (χ0) is 19.6. The van der Waals surface area contributed by atoms with Crippen molar-refractivity contribution in [1.82, 2.24) is 0 Å². The van der Waals surface area contributed by atoms with Crippen molar-refractivity contribution in [1.29, 1.82) is 0 Å². The molecule has 0 N–H and O–H groups in total. The third kappa shape index (κ3) is 3.77. The Kier molecular flexibility index (Phi) is 5.13. The number of carbonyl (C=O) groups is 1. The highest BCUT2D eigenvalue weighted by Gasteiger charge is 2.30. The Balaban J connectivity index is 1.86. The Hall–Kier alpha value is -2.95. The van der Waals surface area contributed by atoms with Gasteiger partial charge in [-0.25, -0.2) is 0 Å². The largest absolute Gasteiger partial charge is 0.493 e. The van der Waals surface area contributed by atoms with E-state index in [2.05, 4.69) is 0 Å². The molecule has 1 heterocycles. The molecule has 0 fully saturated rings. The monoisotopic (exact) mass is 368 g/mol. The summed E-state index contributed by atoms with van der Waals surface area (Å²) in [5.41, 5.74) is 2.19. The lowest BCUT2D eigenvalue weighted by atomic mass is 9.99. The average Bonchev–Trinajstić information content (AvgIpc) is 2.97. The molecular weight excluding hydrogens is 344 g/mol. The second kappa shape index (κ2) is 7.35. The molecule has 142 valence electrons. The number of benzene rings is 2. The highest BCUT2D eigenvalue weighted by Crippen LogP contribution is 2.40. The van der Waals surface area contributed by atoms with Gasteiger partial charge in [-0.1, -0.05) is 0 Å². The fourth-order valence-electron chi connectivity index (χ4n) is 3.28. The Morgan fingerprint density at radius 2 is 1.78 bits per heavy atom. The van der Waals surface area contributed by atoms with Gasteiger partial charge in [0.2, 0.25) is 5.75 Å². The molecule has 5 nitrogen and oxygen atoms in total. The van der Waals surface area contributed by atoms with Crippen molar-refractivity contribution in [2.24, 2.45) is 0 Å². The zero-order valence-electron chi connectivity index (χ0n) is 16.3. The number of rotatable bonds is 6. The highest BCUT2D eigenvalue weighted by molar-refractivity contribution is 6.07. The van der Waals surface area contributed by atoms with Gasteiger partial charge in [0.25, 0.3) is 0 Å². The van der Waals surface area contributed by atoms with Crippen molar-refractivity contribution >= 4 is 11.9 Å². The summed E-state index contributed by atoms with van der Waals surface area (Å²) in [5, 5.41) is 0. The van der Waals surface area contributed by atoms with E-state index in [0.29, 0.717) is 22.8 Å². The molecule has 0 amide bonds. The van der Waals surface area contributed by atoms with Crippen molar-refractivity contribution < 1.29 is 23.7 Å². The summed E-state index contributed by atoms with van der Waals surface area (Å²) in [6, 6.07) is 9.16. The number of allylic oxidation sites excluding steroid dienone is 1. The number of methoxy groups -OCH3 is 3. The van der Waals surface area contributed by atoms with Gasteiger partial charge in [-0.2, -0.15) is 0 Å². The van der Waals surface area contributed by atoms with E-state index in [4.69, 9.17) is 18.9 Å². The summed E-state index contributed by atoms with van der Waals surface area (Å²) in [5.74, 6) is 2.34. The summed E-state index contributed by atoms with van der Waals surface area (Å²) in [7, 11) is 4.67. The van der Waals surface area contributed by atoms with Gasteiger partial charge in [-0.15, -0.1) is 0 Å². The van der Waals surface area contributed by atoms with Crippen molar-refractivity contribution in [2.75, 3.05) is 21.3 Å². The Labute approximate surface area is 159 Å². The van der Waals surface area contributed by atoms with Crippen LogP contribution in [0.1, 0.15) is 35.3 Å². The Morgan fingerprint density at radius 1 is 1.04 bits per heavy atom. The highest BCUT2D eigenvalue weighted by atomic mass is 16.5. The molecule has 1 aliphatic rings. The van der Waals surface area contributed by atoms with Crippen LogP contribution in [0.2, 0.25) is 0 Å². The molecule has 0 saturated carbocycles. The number of hydrogen-bond donors (Lipinski definition) is 0. The lowest BCUT2D eigenvalue weighted by molar-refractivity contribution is 0.104. The van der Waals surface area contributed by atoms with Crippen LogP contribution in [0, 0.1) is 0 Å². The molecule has 0 aliphatic carbocycles. The number of hydrogen-bond acceptors (Lipinski definition) is 5. The first kappa shape index (κ1) is 18.8. The first-order chi connectivity index (χ1) is 12.9. The van der Waals surface area contributed by atoms with Crippen molar-refractivity contribution in [3.05, 3.63) is 53.1 Å². The molecule has 1 aliphatic heterocycles. The predicted octanol–water partition coefficient (Wildman–Crippen LogP) is 4.32. The van der Waals surface area contributed by atoms with Crippen LogP contribution in [0.4, 0.5) is 0 Å². The minimum absolute atomic E-state index is 0.0839. The molecule has 3 rings (SSSR count). The van der Waals surface area contributed by atoms with Gasteiger partial charge in [-0.05, 0) is 61.9 Å². The van der Waals surface area contributed by atoms with Gasteiger partial charge in [-0.3, -0.25) is 4.79 Å². The van der Waals surface area contributed by atoms with Crippen molar-refractivity contribution in [2.45, 2.75) is 25.9 Å². The normalized spacial score (nSPS) is 14.6. The number of fused-ring (bicyclic) bond motifs is 1. The van der Waals surface area contributed by atoms with Crippen LogP contribution >= 0.6 is 0 Å². The van der Waals surface area contributed by atoms with Gasteiger partial charge in [0.1, 0.15) is 11.4 Å². The third-order valence-corrected chi connectivity index (χ3v) is 4.50. The van der Waals surface area contributed by atoms with Gasteiger partial charge < -0.3 is 18.9 Å². The number of ether oxygens (including phenoxy) is 4. The first-order valence-corrected chi connectivity index (χ1v) is 8.72. The summed E-state index contributed by atoms with van der Waals surface area (Å²) in [6.07, 6.45) is 4.04. The van der Waals surface area contributed by atoms with E-state index in [-0.39, 0.29) is 11.4 Å². The number of carbonyl (C=O) groups excluding carboxylic acids is 1. The van der Waals surface area contributed by atoms with E-state index < -0.39 is 0 Å². The molecular formula is C22H24O5. The fraction of sp³-hybridized carbons (Fsp3) is 0.318. The van der Waals surface area contributed by atoms with E-state index in [1.54, 1.807) is 39.5 Å². The van der Waals surface area contributed by atoms with Gasteiger partial charge in [0, 0.05) is 17.5 Å². The summed E-state index contributed by atoms with van der Waals surface area (Å²) in [4.78, 5) is 12.6. The average molecular weight is 368 g/mol. The lowest BCUT2D eigenvalue weighted by Gasteiger charge is -2.16. The van der Waals surface area contributed by atoms with Gasteiger partial charge in [0.05, 0.1) is 21.3 Å². The molecule has 0 unspecified atom stereocenters. The SMILES string of the molecule is COc1ccc(C=CC(=O)c2ccc3c(c2)CC(C)(C)O3)c(OC)c1OC. The minimum Gasteiger partial charge on any atom is -0.493 e. The van der Waals surface area contributed by atoms with Crippen LogP contribution in [0.15, 0.2) is 36.4 Å². The quantitative estimate of drug-likeness (QED) is 0.561. The molecule has 27 heavy (non-hydrogen) atoms. The van der Waals surface area contributed by atoms with E-state index in [9.17, 15) is 4.79 Å². The third-order valence-electron chi connectivity index (χ3n) is 4.50. The lowest BCUT2D eigenvalue weighted by Crippen LogP contribution is -2.24. The van der Waals surface area contributed by atoms with Crippen molar-refractivity contribution in [3.8, 4) is 23.0 Å². The van der Waals surface area contributed by atoms with Gasteiger partial charge in [0.15, 0.2) is 17.3 Å². The van der Waals surface area contributed by atoms with E-state index in [1.807, 2.05) is 32.0 Å². The second-order valence-corrected chi connectivity index (χ2v) is 6.98. The van der Waals surface area contributed by atoms with Crippen LogP contribution in [-0.2, 0) is 6.42 Å². The summed E-state index contributed by atoms with van der Waals surface area (Å²) >= 11 is 0. The molecule has 0 radical (unpaired) electrons. The minimum atomic E-state index is -0.229. The molecule has 2 aromatic rings. The first-order valence-electron chi connectivity index (χ1n) is 8.72. The molecule has 0 atom stereocenters. The second-order valence-electron chi connectivity index (χ2n) is 6.98. The maximum atomic E-state index is 12.6. The Morgan fingerprint density at radius 3 is 2.44 bits per heavy atom. The fourth-order valence-corrected chi connectivity index (χ4v) is 3.28. The van der Waals surface area contributed by atoms with Crippen LogP contribution in [0.3, 0.4) is 0 Å². The smallest absolute Gasteiger partial charge is 0.203 e. The van der Waals surface area contributed by atoms with Crippen LogP contribution in [0.5, 0.6) is 23.0 Å². The Bertz CT molecular complexity index is 896. The topological polar surface area (TPSA) is 54.0 Å². The maximum Gasteiger partial charge on any atom is 0.203 e. The van der Waals surface area contributed by atoms with E-state index in [1.165, 1.54) is 6.08 Å². The van der Waals surface area contributed by atoms with Gasteiger partial charge >= 0.3 is 0 Å². The molecule has 0 aromatic heterocycles. The summed E-state index contributed by atoms with van der Waals surface area (Å²) < 4.78 is 22.0. The van der Waals surface area contributed by atoms with Crippen molar-refractivity contribution in [3.63, 3.8) is 0 Å². The molecule has 0 saturated heterocycles. The standard InChI is InChI=1S/C22H24O5/c1-22(2)13-16-12-15(8-10-18(16)27-22)17(23)9-6-14-7-11-19(24-3)21(26-5)20(14)25-4/h6-12H,13H2,1-5H3.